The third-order valence-electron chi connectivity index (χ3n) is 6.51. The van der Waals surface area contributed by atoms with Crippen molar-refractivity contribution in [2.45, 2.75) is 45.1 Å². The average molecular weight is 407 g/mol. The van der Waals surface area contributed by atoms with Crippen LogP contribution in [-0.4, -0.2) is 47.9 Å². The Morgan fingerprint density at radius 3 is 2.53 bits per heavy atom. The zero-order chi connectivity index (χ0) is 21.3. The van der Waals surface area contributed by atoms with Crippen LogP contribution in [0.1, 0.15) is 53.2 Å². The number of amides is 1. The third kappa shape index (κ3) is 4.05. The fourth-order valence-corrected chi connectivity index (χ4v) is 4.62. The van der Waals surface area contributed by atoms with Crippen molar-refractivity contribution in [2.24, 2.45) is 0 Å². The number of rotatable bonds is 5. The Kier molecular flexibility index (Phi) is 5.76. The quantitative estimate of drug-likeness (QED) is 0.773. The standard InChI is InChI=1S/C25H30N2O3/c1-3-24(29)27-12-9-19-16-20(7-8-22(19)27)23(28)17-26-13-10-25(30,11-14-26)21-6-4-5-18(2)15-21/h4-8,15-16,30H,3,9-14,17H2,1-2H3. The number of hydrogen-bond acceptors (Lipinski definition) is 4. The van der Waals surface area contributed by atoms with Crippen LogP contribution in [0.3, 0.4) is 0 Å². The predicted octanol–water partition coefficient (Wildman–Crippen LogP) is 3.46. The summed E-state index contributed by atoms with van der Waals surface area (Å²) in [6.07, 6.45) is 2.55. The van der Waals surface area contributed by atoms with Crippen molar-refractivity contribution >= 4 is 17.4 Å². The molecule has 4 rings (SSSR count). The van der Waals surface area contributed by atoms with Crippen LogP contribution in [0.2, 0.25) is 0 Å². The maximum Gasteiger partial charge on any atom is 0.226 e. The van der Waals surface area contributed by atoms with E-state index >= 15 is 0 Å². The van der Waals surface area contributed by atoms with Gasteiger partial charge in [0.25, 0.3) is 0 Å². The summed E-state index contributed by atoms with van der Waals surface area (Å²) in [4.78, 5) is 28.9. The van der Waals surface area contributed by atoms with Gasteiger partial charge in [-0.3, -0.25) is 14.5 Å². The van der Waals surface area contributed by atoms with E-state index in [0.29, 0.717) is 51.0 Å². The average Bonchev–Trinajstić information content (AvgIpc) is 3.18. The molecule has 30 heavy (non-hydrogen) atoms. The van der Waals surface area contributed by atoms with Gasteiger partial charge in [0.05, 0.1) is 12.1 Å². The van der Waals surface area contributed by atoms with E-state index in [-0.39, 0.29) is 11.7 Å². The van der Waals surface area contributed by atoms with Crippen LogP contribution in [0.15, 0.2) is 42.5 Å². The van der Waals surface area contributed by atoms with E-state index in [0.717, 1.165) is 28.8 Å². The summed E-state index contributed by atoms with van der Waals surface area (Å²) in [6, 6.07) is 13.8. The summed E-state index contributed by atoms with van der Waals surface area (Å²) in [6.45, 7) is 6.36. The molecule has 5 nitrogen and oxygen atoms in total. The van der Waals surface area contributed by atoms with Gasteiger partial charge in [-0.05, 0) is 55.5 Å². The lowest BCUT2D eigenvalue weighted by Crippen LogP contribution is -2.44. The number of aliphatic hydroxyl groups is 1. The van der Waals surface area contributed by atoms with E-state index in [2.05, 4.69) is 11.0 Å². The largest absolute Gasteiger partial charge is 0.385 e. The number of Topliss-reactive ketones (excluding diaryl/α,β-unsaturated/α-hetero) is 1. The Hall–Kier alpha value is -2.50. The molecule has 0 saturated carbocycles. The smallest absolute Gasteiger partial charge is 0.226 e. The highest BCUT2D eigenvalue weighted by atomic mass is 16.3. The van der Waals surface area contributed by atoms with Gasteiger partial charge in [-0.25, -0.2) is 0 Å². The first-order chi connectivity index (χ1) is 14.4. The highest BCUT2D eigenvalue weighted by Crippen LogP contribution is 2.33. The molecule has 0 bridgehead atoms. The fourth-order valence-electron chi connectivity index (χ4n) is 4.62. The Balaban J connectivity index is 1.38. The molecule has 0 spiro atoms. The van der Waals surface area contributed by atoms with Crippen molar-refractivity contribution in [3.05, 3.63) is 64.7 Å². The van der Waals surface area contributed by atoms with Crippen LogP contribution in [0.5, 0.6) is 0 Å². The van der Waals surface area contributed by atoms with E-state index in [4.69, 9.17) is 0 Å². The molecule has 0 radical (unpaired) electrons. The van der Waals surface area contributed by atoms with Gasteiger partial charge < -0.3 is 10.0 Å². The van der Waals surface area contributed by atoms with Gasteiger partial charge in [-0.1, -0.05) is 36.8 Å². The number of fused-ring (bicyclic) bond motifs is 1. The summed E-state index contributed by atoms with van der Waals surface area (Å²) in [5.41, 5.74) is 4.04. The number of anilines is 1. The monoisotopic (exact) mass is 406 g/mol. The molecule has 0 aliphatic carbocycles. The van der Waals surface area contributed by atoms with Gasteiger partial charge >= 0.3 is 0 Å². The molecule has 0 aromatic heterocycles. The van der Waals surface area contributed by atoms with Crippen LogP contribution in [0.4, 0.5) is 5.69 Å². The number of piperidine rings is 1. The second-order valence-corrected chi connectivity index (χ2v) is 8.59. The molecule has 1 N–H and O–H groups in total. The maximum absolute atomic E-state index is 12.9. The van der Waals surface area contributed by atoms with Gasteiger partial charge in [0.1, 0.15) is 0 Å². The lowest BCUT2D eigenvalue weighted by molar-refractivity contribution is -0.118. The second-order valence-electron chi connectivity index (χ2n) is 8.59. The predicted molar refractivity (Wildman–Crippen MR) is 118 cm³/mol. The third-order valence-corrected chi connectivity index (χ3v) is 6.51. The number of aryl methyl sites for hydroxylation is 1. The van der Waals surface area contributed by atoms with Crippen LogP contribution < -0.4 is 4.90 Å². The first-order valence-corrected chi connectivity index (χ1v) is 10.9. The van der Waals surface area contributed by atoms with Crippen LogP contribution in [0.25, 0.3) is 0 Å². The summed E-state index contributed by atoms with van der Waals surface area (Å²) in [5, 5.41) is 11.1. The van der Waals surface area contributed by atoms with E-state index < -0.39 is 5.60 Å². The zero-order valence-electron chi connectivity index (χ0n) is 17.9. The van der Waals surface area contributed by atoms with Crippen molar-refractivity contribution in [2.75, 3.05) is 31.1 Å². The number of likely N-dealkylation sites (tertiary alicyclic amines) is 1. The molecule has 2 aliphatic heterocycles. The Morgan fingerprint density at radius 2 is 1.83 bits per heavy atom. The number of benzene rings is 2. The number of nitrogens with zero attached hydrogens (tertiary/aromatic N) is 2. The van der Waals surface area contributed by atoms with E-state index in [1.165, 1.54) is 0 Å². The lowest BCUT2D eigenvalue weighted by Gasteiger charge is -2.38. The molecular weight excluding hydrogens is 376 g/mol. The normalized spacial score (nSPS) is 18.3. The zero-order valence-corrected chi connectivity index (χ0v) is 17.9. The van der Waals surface area contributed by atoms with Gasteiger partial charge in [0, 0.05) is 37.3 Å². The molecule has 1 saturated heterocycles. The van der Waals surface area contributed by atoms with Crippen molar-refractivity contribution in [1.29, 1.82) is 0 Å². The lowest BCUT2D eigenvalue weighted by atomic mass is 9.84. The van der Waals surface area contributed by atoms with Crippen LogP contribution in [-0.2, 0) is 16.8 Å². The highest BCUT2D eigenvalue weighted by molar-refractivity contribution is 6.00. The Bertz CT molecular complexity index is 961. The summed E-state index contributed by atoms with van der Waals surface area (Å²) >= 11 is 0. The molecule has 2 heterocycles. The van der Waals surface area contributed by atoms with Gasteiger partial charge in [0.15, 0.2) is 5.78 Å². The van der Waals surface area contributed by atoms with Crippen molar-refractivity contribution in [3.8, 4) is 0 Å². The number of carbonyl (C=O) groups is 2. The number of hydrogen-bond donors (Lipinski definition) is 1. The highest BCUT2D eigenvalue weighted by Gasteiger charge is 2.34. The first-order valence-electron chi connectivity index (χ1n) is 10.9. The Morgan fingerprint density at radius 1 is 1.07 bits per heavy atom. The minimum absolute atomic E-state index is 0.0964. The SMILES string of the molecule is CCC(=O)N1CCc2cc(C(=O)CN3CCC(O)(c4cccc(C)c4)CC3)ccc21. The molecule has 2 aromatic carbocycles. The molecule has 0 atom stereocenters. The van der Waals surface area contributed by atoms with E-state index in [1.54, 1.807) is 0 Å². The van der Waals surface area contributed by atoms with Gasteiger partial charge in [-0.2, -0.15) is 0 Å². The summed E-state index contributed by atoms with van der Waals surface area (Å²) in [7, 11) is 0. The number of ketones is 1. The molecular formula is C25H30N2O3. The first kappa shape index (κ1) is 20.8. The topological polar surface area (TPSA) is 60.9 Å². The minimum atomic E-state index is -0.811. The van der Waals surface area contributed by atoms with Crippen molar-refractivity contribution in [3.63, 3.8) is 0 Å². The van der Waals surface area contributed by atoms with Crippen molar-refractivity contribution in [1.82, 2.24) is 4.90 Å². The van der Waals surface area contributed by atoms with Gasteiger partial charge in [0.2, 0.25) is 5.91 Å². The molecule has 1 amide bonds. The molecule has 2 aliphatic rings. The molecule has 5 heteroatoms. The maximum atomic E-state index is 12.9. The molecule has 158 valence electrons. The summed E-state index contributed by atoms with van der Waals surface area (Å²) in [5.74, 6) is 0.223. The minimum Gasteiger partial charge on any atom is -0.385 e. The molecule has 2 aromatic rings. The fraction of sp³-hybridized carbons (Fsp3) is 0.440. The number of carbonyl (C=O) groups excluding carboxylic acids is 2. The molecule has 1 fully saturated rings. The van der Waals surface area contributed by atoms with Crippen LogP contribution >= 0.6 is 0 Å². The summed E-state index contributed by atoms with van der Waals surface area (Å²) < 4.78 is 0. The second kappa shape index (κ2) is 8.32. The van der Waals surface area contributed by atoms with Crippen LogP contribution in [0, 0.1) is 6.92 Å². The molecule has 0 unspecified atom stereocenters. The van der Waals surface area contributed by atoms with Gasteiger partial charge in [-0.15, -0.1) is 0 Å². The van der Waals surface area contributed by atoms with E-state index in [1.807, 2.05) is 55.1 Å². The van der Waals surface area contributed by atoms with E-state index in [9.17, 15) is 14.7 Å². The Labute approximate surface area is 178 Å². The van der Waals surface area contributed by atoms with Crippen molar-refractivity contribution < 1.29 is 14.7 Å².